The molecule has 0 saturated carbocycles. The number of fused-ring (bicyclic) bond motifs is 1. The minimum absolute atomic E-state index is 0.0547. The van der Waals surface area contributed by atoms with Gasteiger partial charge < -0.3 is 9.80 Å². The van der Waals surface area contributed by atoms with Crippen LogP contribution in [0.4, 0.5) is 5.82 Å². The second-order valence-corrected chi connectivity index (χ2v) is 9.84. The summed E-state index contributed by atoms with van der Waals surface area (Å²) in [6, 6.07) is 17.7. The lowest BCUT2D eigenvalue weighted by Gasteiger charge is -2.36. The first-order valence-electron chi connectivity index (χ1n) is 12.2. The Balaban J connectivity index is 1.46. The molecule has 1 aliphatic heterocycles. The van der Waals surface area contributed by atoms with Crippen molar-refractivity contribution in [2.24, 2.45) is 0 Å². The summed E-state index contributed by atoms with van der Waals surface area (Å²) < 4.78 is 2.72. The number of piperazine rings is 1. The highest BCUT2D eigenvalue weighted by Gasteiger charge is 2.27. The number of carbonyl (C=O) groups excluding carboxylic acids is 1. The Morgan fingerprint density at radius 3 is 2.43 bits per heavy atom. The first kappa shape index (κ1) is 23.5. The van der Waals surface area contributed by atoms with Crippen LogP contribution in [0.2, 0.25) is 0 Å². The van der Waals surface area contributed by atoms with Gasteiger partial charge in [-0.1, -0.05) is 50.6 Å². The van der Waals surface area contributed by atoms with Crippen LogP contribution < -0.4 is 4.90 Å². The van der Waals surface area contributed by atoms with Gasteiger partial charge in [0.2, 0.25) is 0 Å². The van der Waals surface area contributed by atoms with E-state index >= 15 is 0 Å². The van der Waals surface area contributed by atoms with E-state index in [1.807, 2.05) is 70.4 Å². The zero-order valence-corrected chi connectivity index (χ0v) is 21.6. The molecule has 4 aromatic rings. The van der Waals surface area contributed by atoms with Gasteiger partial charge in [0.15, 0.2) is 5.65 Å². The SMILES string of the molecule is CCC[C@H](C)c1nc(N2CCN(C(=O)c3ccccc3Br)CC2)c2cnn(-c3ccccc3)c2n1. The fraction of sp³-hybridized carbons (Fsp3) is 0.333. The van der Waals surface area contributed by atoms with E-state index in [1.54, 1.807) is 0 Å². The molecule has 2 aromatic carbocycles. The molecule has 0 spiro atoms. The highest BCUT2D eigenvalue weighted by atomic mass is 79.9. The van der Waals surface area contributed by atoms with Gasteiger partial charge >= 0.3 is 0 Å². The molecule has 35 heavy (non-hydrogen) atoms. The fourth-order valence-corrected chi connectivity index (χ4v) is 5.07. The molecule has 2 aromatic heterocycles. The standard InChI is InChI=1S/C27H29BrN6O/c1-3-9-19(2)24-30-25(22-18-29-34(26(22)31-24)20-10-5-4-6-11-20)32-14-16-33(17-15-32)27(35)21-12-7-8-13-23(21)28/h4-8,10-13,18-19H,3,9,14-17H2,1-2H3/t19-/m0/s1. The van der Waals surface area contributed by atoms with Crippen LogP contribution >= 0.6 is 15.9 Å². The third-order valence-electron chi connectivity index (χ3n) is 6.56. The highest BCUT2D eigenvalue weighted by molar-refractivity contribution is 9.10. The third-order valence-corrected chi connectivity index (χ3v) is 7.25. The summed E-state index contributed by atoms with van der Waals surface area (Å²) >= 11 is 3.51. The van der Waals surface area contributed by atoms with Crippen LogP contribution in [-0.2, 0) is 0 Å². The first-order chi connectivity index (χ1) is 17.1. The van der Waals surface area contributed by atoms with Crippen LogP contribution in [0.3, 0.4) is 0 Å². The van der Waals surface area contributed by atoms with Crippen molar-refractivity contribution in [3.8, 4) is 5.69 Å². The van der Waals surface area contributed by atoms with Gasteiger partial charge in [0.1, 0.15) is 11.6 Å². The second kappa shape index (κ2) is 10.2. The van der Waals surface area contributed by atoms with Gasteiger partial charge in [-0.3, -0.25) is 4.79 Å². The van der Waals surface area contributed by atoms with Gasteiger partial charge in [0.25, 0.3) is 5.91 Å². The summed E-state index contributed by atoms with van der Waals surface area (Å²) in [5.41, 5.74) is 2.50. The third kappa shape index (κ3) is 4.67. The number of anilines is 1. The van der Waals surface area contributed by atoms with Crippen LogP contribution in [0.15, 0.2) is 65.3 Å². The Bertz CT molecular complexity index is 1330. The molecule has 5 rings (SSSR count). The maximum Gasteiger partial charge on any atom is 0.255 e. The largest absolute Gasteiger partial charge is 0.352 e. The summed E-state index contributed by atoms with van der Waals surface area (Å²) in [7, 11) is 0. The van der Waals surface area contributed by atoms with E-state index in [-0.39, 0.29) is 11.8 Å². The average molecular weight is 533 g/mol. The molecule has 1 amide bonds. The molecule has 1 aliphatic rings. The molecule has 1 fully saturated rings. The molecule has 0 N–H and O–H groups in total. The lowest BCUT2D eigenvalue weighted by atomic mass is 10.1. The van der Waals surface area contributed by atoms with Crippen molar-refractivity contribution in [2.45, 2.75) is 32.6 Å². The molecule has 7 nitrogen and oxygen atoms in total. The second-order valence-electron chi connectivity index (χ2n) is 8.98. The molecule has 0 unspecified atom stereocenters. The van der Waals surface area contributed by atoms with Gasteiger partial charge in [-0.05, 0) is 46.6 Å². The van der Waals surface area contributed by atoms with Crippen LogP contribution in [0.5, 0.6) is 0 Å². The summed E-state index contributed by atoms with van der Waals surface area (Å²) in [6.07, 6.45) is 3.97. The molecule has 1 saturated heterocycles. The molecular formula is C27H29BrN6O. The Labute approximate surface area is 213 Å². The van der Waals surface area contributed by atoms with Crippen molar-refractivity contribution in [3.63, 3.8) is 0 Å². The van der Waals surface area contributed by atoms with Gasteiger partial charge in [-0.15, -0.1) is 0 Å². The number of para-hydroxylation sites is 1. The predicted octanol–water partition coefficient (Wildman–Crippen LogP) is 5.44. The number of aromatic nitrogens is 4. The topological polar surface area (TPSA) is 67.2 Å². The number of hydrogen-bond donors (Lipinski definition) is 0. The molecule has 1 atom stereocenters. The van der Waals surface area contributed by atoms with Crippen molar-refractivity contribution < 1.29 is 4.79 Å². The average Bonchev–Trinajstić information content (AvgIpc) is 3.33. The molecule has 3 heterocycles. The lowest BCUT2D eigenvalue weighted by molar-refractivity contribution is 0.0745. The maximum atomic E-state index is 13.1. The van der Waals surface area contributed by atoms with Crippen molar-refractivity contribution >= 4 is 38.7 Å². The minimum atomic E-state index is 0.0547. The fourth-order valence-electron chi connectivity index (χ4n) is 4.62. The number of hydrogen-bond acceptors (Lipinski definition) is 5. The van der Waals surface area contributed by atoms with Gasteiger partial charge in [-0.25, -0.2) is 14.6 Å². The van der Waals surface area contributed by atoms with Crippen LogP contribution in [0.25, 0.3) is 16.7 Å². The van der Waals surface area contributed by atoms with Crippen molar-refractivity contribution in [3.05, 3.63) is 76.7 Å². The first-order valence-corrected chi connectivity index (χ1v) is 13.0. The van der Waals surface area contributed by atoms with Crippen molar-refractivity contribution in [1.82, 2.24) is 24.6 Å². The molecular weight excluding hydrogens is 504 g/mol. The van der Waals surface area contributed by atoms with E-state index < -0.39 is 0 Å². The summed E-state index contributed by atoms with van der Waals surface area (Å²) in [6.45, 7) is 7.06. The maximum absolute atomic E-state index is 13.1. The van der Waals surface area contributed by atoms with E-state index in [0.29, 0.717) is 31.7 Å². The Morgan fingerprint density at radius 2 is 1.71 bits per heavy atom. The summed E-state index contributed by atoms with van der Waals surface area (Å²) in [4.78, 5) is 27.3. The number of halogens is 1. The molecule has 180 valence electrons. The minimum Gasteiger partial charge on any atom is -0.352 e. The zero-order valence-electron chi connectivity index (χ0n) is 20.1. The van der Waals surface area contributed by atoms with Crippen molar-refractivity contribution in [2.75, 3.05) is 31.1 Å². The molecule has 0 radical (unpaired) electrons. The molecule has 0 aliphatic carbocycles. The summed E-state index contributed by atoms with van der Waals surface area (Å²) in [5.74, 6) is 2.06. The number of amides is 1. The lowest BCUT2D eigenvalue weighted by Crippen LogP contribution is -2.49. The van der Waals surface area contributed by atoms with Crippen molar-refractivity contribution in [1.29, 1.82) is 0 Å². The van der Waals surface area contributed by atoms with Gasteiger partial charge in [0.05, 0.1) is 22.8 Å². The Kier molecular flexibility index (Phi) is 6.81. The van der Waals surface area contributed by atoms with E-state index in [4.69, 9.17) is 9.97 Å². The predicted molar refractivity (Wildman–Crippen MR) is 142 cm³/mol. The van der Waals surface area contributed by atoms with Gasteiger partial charge in [-0.2, -0.15) is 5.10 Å². The monoisotopic (exact) mass is 532 g/mol. The number of carbonyl (C=O) groups is 1. The number of rotatable bonds is 6. The van der Waals surface area contributed by atoms with Crippen LogP contribution in [0, 0.1) is 0 Å². The Hall–Kier alpha value is -3.26. The number of nitrogens with zero attached hydrogens (tertiary/aromatic N) is 6. The van der Waals surface area contributed by atoms with E-state index in [0.717, 1.165) is 45.7 Å². The molecule has 8 heteroatoms. The van der Waals surface area contributed by atoms with E-state index in [2.05, 4.69) is 39.8 Å². The Morgan fingerprint density at radius 1 is 1.00 bits per heavy atom. The smallest absolute Gasteiger partial charge is 0.255 e. The van der Waals surface area contributed by atoms with E-state index in [1.165, 1.54) is 0 Å². The van der Waals surface area contributed by atoms with Crippen LogP contribution in [-0.4, -0.2) is 56.7 Å². The number of benzene rings is 2. The highest BCUT2D eigenvalue weighted by Crippen LogP contribution is 2.30. The van der Waals surface area contributed by atoms with Crippen LogP contribution in [0.1, 0.15) is 48.8 Å². The quantitative estimate of drug-likeness (QED) is 0.330. The molecule has 0 bridgehead atoms. The zero-order chi connectivity index (χ0) is 24.4. The summed E-state index contributed by atoms with van der Waals surface area (Å²) in [5, 5.41) is 5.61. The van der Waals surface area contributed by atoms with E-state index in [9.17, 15) is 4.79 Å². The van der Waals surface area contributed by atoms with Gasteiger partial charge in [0, 0.05) is 36.6 Å². The normalized spacial score (nSPS) is 14.9.